The Morgan fingerprint density at radius 3 is 2.78 bits per heavy atom. The first-order chi connectivity index (χ1) is 8.65. The van der Waals surface area contributed by atoms with E-state index in [0.717, 1.165) is 31.9 Å². The van der Waals surface area contributed by atoms with E-state index in [0.29, 0.717) is 12.5 Å². The van der Waals surface area contributed by atoms with Crippen LogP contribution in [0.3, 0.4) is 0 Å². The van der Waals surface area contributed by atoms with Crippen LogP contribution >= 0.6 is 0 Å². The van der Waals surface area contributed by atoms with E-state index in [1.807, 2.05) is 25.1 Å². The monoisotopic (exact) mass is 251 g/mol. The molecule has 1 aliphatic heterocycles. The molecule has 18 heavy (non-hydrogen) atoms. The van der Waals surface area contributed by atoms with Crippen molar-refractivity contribution in [2.45, 2.75) is 18.4 Å². The number of nitrogens with two attached hydrogens (primary N) is 1. The minimum absolute atomic E-state index is 0.101. The van der Waals surface area contributed by atoms with Crippen molar-refractivity contribution >= 4 is 11.8 Å². The van der Waals surface area contributed by atoms with Crippen LogP contribution in [0.4, 0.5) is 11.8 Å². The van der Waals surface area contributed by atoms with Crippen molar-refractivity contribution < 1.29 is 4.74 Å². The Bertz CT molecular complexity index is 390. The predicted octanol–water partition coefficient (Wildman–Crippen LogP) is 0.462. The van der Waals surface area contributed by atoms with Crippen molar-refractivity contribution in [1.29, 1.82) is 0 Å². The molecule has 0 saturated carbocycles. The SMILES string of the molecule is CN(C)c1nccc(NC2(CN)CCOCC2)n1. The van der Waals surface area contributed by atoms with Gasteiger partial charge in [-0.3, -0.25) is 0 Å². The molecular formula is C12H21N5O. The van der Waals surface area contributed by atoms with Gasteiger partial charge in [0.2, 0.25) is 5.95 Å². The number of aromatic nitrogens is 2. The number of hydrogen-bond donors (Lipinski definition) is 2. The Balaban J connectivity index is 2.13. The van der Waals surface area contributed by atoms with Gasteiger partial charge < -0.3 is 20.7 Å². The highest BCUT2D eigenvalue weighted by atomic mass is 16.5. The summed E-state index contributed by atoms with van der Waals surface area (Å²) in [5.74, 6) is 1.51. The van der Waals surface area contributed by atoms with Gasteiger partial charge in [-0.2, -0.15) is 4.98 Å². The Hall–Kier alpha value is -1.40. The van der Waals surface area contributed by atoms with Crippen molar-refractivity contribution in [2.75, 3.05) is 44.1 Å². The molecule has 3 N–H and O–H groups in total. The van der Waals surface area contributed by atoms with Crippen LogP contribution in [-0.2, 0) is 4.74 Å². The highest BCUT2D eigenvalue weighted by Crippen LogP contribution is 2.24. The van der Waals surface area contributed by atoms with E-state index in [2.05, 4.69) is 15.3 Å². The highest BCUT2D eigenvalue weighted by Gasteiger charge is 2.31. The lowest BCUT2D eigenvalue weighted by Gasteiger charge is -2.37. The lowest BCUT2D eigenvalue weighted by molar-refractivity contribution is 0.0627. The van der Waals surface area contributed by atoms with Crippen LogP contribution < -0.4 is 16.0 Å². The summed E-state index contributed by atoms with van der Waals surface area (Å²) in [6.07, 6.45) is 3.57. The molecule has 1 fully saturated rings. The van der Waals surface area contributed by atoms with Crippen molar-refractivity contribution in [3.8, 4) is 0 Å². The fraction of sp³-hybridized carbons (Fsp3) is 0.667. The van der Waals surface area contributed by atoms with Crippen LogP contribution in [0.15, 0.2) is 12.3 Å². The average Bonchev–Trinajstić information content (AvgIpc) is 2.40. The lowest BCUT2D eigenvalue weighted by Crippen LogP contribution is -2.49. The maximum atomic E-state index is 5.91. The quantitative estimate of drug-likeness (QED) is 0.810. The van der Waals surface area contributed by atoms with Crippen molar-refractivity contribution in [3.05, 3.63) is 12.3 Å². The van der Waals surface area contributed by atoms with Crippen LogP contribution in [0.2, 0.25) is 0 Å². The van der Waals surface area contributed by atoms with E-state index in [1.165, 1.54) is 0 Å². The molecule has 0 aliphatic carbocycles. The van der Waals surface area contributed by atoms with Crippen molar-refractivity contribution in [1.82, 2.24) is 9.97 Å². The van der Waals surface area contributed by atoms with Gasteiger partial charge in [0, 0.05) is 40.1 Å². The van der Waals surface area contributed by atoms with Crippen molar-refractivity contribution in [2.24, 2.45) is 5.73 Å². The summed E-state index contributed by atoms with van der Waals surface area (Å²) < 4.78 is 5.39. The fourth-order valence-corrected chi connectivity index (χ4v) is 2.05. The second kappa shape index (κ2) is 5.49. The summed E-state index contributed by atoms with van der Waals surface area (Å²) in [6, 6.07) is 1.87. The first kappa shape index (κ1) is 13.0. The molecule has 2 rings (SSSR count). The van der Waals surface area contributed by atoms with Crippen LogP contribution in [0.5, 0.6) is 0 Å². The molecule has 0 aromatic carbocycles. The fourth-order valence-electron chi connectivity index (χ4n) is 2.05. The number of hydrogen-bond acceptors (Lipinski definition) is 6. The zero-order chi connectivity index (χ0) is 13.0. The van der Waals surface area contributed by atoms with Gasteiger partial charge in [-0.05, 0) is 18.9 Å². The standard InChI is InChI=1S/C12H21N5O/c1-17(2)11-14-6-3-10(15-11)16-12(9-13)4-7-18-8-5-12/h3,6H,4-5,7-9,13H2,1-2H3,(H,14,15,16). The molecule has 0 amide bonds. The number of nitrogens with one attached hydrogen (secondary N) is 1. The molecule has 0 spiro atoms. The molecule has 0 unspecified atom stereocenters. The van der Waals surface area contributed by atoms with E-state index in [9.17, 15) is 0 Å². The second-order valence-electron chi connectivity index (χ2n) is 4.86. The molecule has 1 aromatic heterocycles. The molecule has 0 bridgehead atoms. The number of anilines is 2. The third-order valence-electron chi connectivity index (χ3n) is 3.28. The van der Waals surface area contributed by atoms with Gasteiger partial charge in [-0.25, -0.2) is 4.98 Å². The zero-order valence-electron chi connectivity index (χ0n) is 11.0. The summed E-state index contributed by atoms with van der Waals surface area (Å²) in [5.41, 5.74) is 5.81. The zero-order valence-corrected chi connectivity index (χ0v) is 11.0. The van der Waals surface area contributed by atoms with Gasteiger partial charge >= 0.3 is 0 Å². The molecule has 6 heteroatoms. The molecule has 1 aliphatic rings. The van der Waals surface area contributed by atoms with E-state index >= 15 is 0 Å². The van der Waals surface area contributed by atoms with Gasteiger partial charge in [0.25, 0.3) is 0 Å². The summed E-state index contributed by atoms with van der Waals surface area (Å²) in [5, 5.41) is 3.46. The molecule has 1 aromatic rings. The molecule has 2 heterocycles. The minimum atomic E-state index is -0.101. The van der Waals surface area contributed by atoms with E-state index in [1.54, 1.807) is 6.20 Å². The Morgan fingerprint density at radius 1 is 1.44 bits per heavy atom. The van der Waals surface area contributed by atoms with E-state index in [-0.39, 0.29) is 5.54 Å². The maximum absolute atomic E-state index is 5.91. The Kier molecular flexibility index (Phi) is 3.98. The van der Waals surface area contributed by atoms with Gasteiger partial charge in [-0.15, -0.1) is 0 Å². The van der Waals surface area contributed by atoms with Crippen molar-refractivity contribution in [3.63, 3.8) is 0 Å². The smallest absolute Gasteiger partial charge is 0.226 e. The minimum Gasteiger partial charge on any atom is -0.381 e. The summed E-state index contributed by atoms with van der Waals surface area (Å²) in [4.78, 5) is 10.5. The molecular weight excluding hydrogens is 230 g/mol. The van der Waals surface area contributed by atoms with Gasteiger partial charge in [-0.1, -0.05) is 0 Å². The normalized spacial score (nSPS) is 18.4. The lowest BCUT2D eigenvalue weighted by atomic mass is 9.90. The van der Waals surface area contributed by atoms with Gasteiger partial charge in [0.15, 0.2) is 0 Å². The van der Waals surface area contributed by atoms with Crippen LogP contribution in [-0.4, -0.2) is 49.4 Å². The van der Waals surface area contributed by atoms with Crippen LogP contribution in [0, 0.1) is 0 Å². The topological polar surface area (TPSA) is 76.3 Å². The third kappa shape index (κ3) is 2.88. The highest BCUT2D eigenvalue weighted by molar-refractivity contribution is 5.42. The molecule has 1 saturated heterocycles. The number of ether oxygens (including phenoxy) is 1. The summed E-state index contributed by atoms with van der Waals surface area (Å²) >= 11 is 0. The Labute approximate surface area is 108 Å². The van der Waals surface area contributed by atoms with E-state index < -0.39 is 0 Å². The maximum Gasteiger partial charge on any atom is 0.226 e. The summed E-state index contributed by atoms with van der Waals surface area (Å²) in [6.45, 7) is 2.07. The Morgan fingerprint density at radius 2 is 2.17 bits per heavy atom. The average molecular weight is 251 g/mol. The molecule has 0 atom stereocenters. The summed E-state index contributed by atoms with van der Waals surface area (Å²) in [7, 11) is 3.85. The van der Waals surface area contributed by atoms with Gasteiger partial charge in [0.05, 0.1) is 5.54 Å². The largest absolute Gasteiger partial charge is 0.381 e. The third-order valence-corrected chi connectivity index (χ3v) is 3.28. The molecule has 100 valence electrons. The van der Waals surface area contributed by atoms with Gasteiger partial charge in [0.1, 0.15) is 5.82 Å². The molecule has 6 nitrogen and oxygen atoms in total. The number of rotatable bonds is 4. The predicted molar refractivity (Wildman–Crippen MR) is 71.8 cm³/mol. The first-order valence-electron chi connectivity index (χ1n) is 6.22. The second-order valence-corrected chi connectivity index (χ2v) is 4.86. The first-order valence-corrected chi connectivity index (χ1v) is 6.22. The molecule has 0 radical (unpaired) electrons. The van der Waals surface area contributed by atoms with Crippen LogP contribution in [0.1, 0.15) is 12.8 Å². The van der Waals surface area contributed by atoms with Crippen LogP contribution in [0.25, 0.3) is 0 Å². The van der Waals surface area contributed by atoms with E-state index in [4.69, 9.17) is 10.5 Å². The number of nitrogens with zero attached hydrogens (tertiary/aromatic N) is 3.